The second-order valence-corrected chi connectivity index (χ2v) is 4.59. The highest BCUT2D eigenvalue weighted by atomic mass is 16.6. The summed E-state index contributed by atoms with van der Waals surface area (Å²) in [6.07, 6.45) is 0.883. The molecule has 88 valence electrons. The number of hydrogen-bond acceptors (Lipinski definition) is 3. The summed E-state index contributed by atoms with van der Waals surface area (Å²) in [4.78, 5) is 0. The molecular formula is C13H19NO2. The highest BCUT2D eigenvalue weighted by molar-refractivity contribution is 5.44. The van der Waals surface area contributed by atoms with Gasteiger partial charge in [-0.05, 0) is 30.0 Å². The molecule has 2 rings (SSSR count). The fourth-order valence-electron chi connectivity index (χ4n) is 1.72. The highest BCUT2D eigenvalue weighted by Crippen LogP contribution is 2.31. The number of nitrogens with two attached hydrogens (primary N) is 1. The minimum atomic E-state index is 0.197. The Morgan fingerprint density at radius 3 is 2.56 bits per heavy atom. The fraction of sp³-hybridized carbons (Fsp3) is 0.538. The smallest absolute Gasteiger partial charge is 0.161 e. The van der Waals surface area contributed by atoms with Gasteiger partial charge in [0, 0.05) is 6.04 Å². The third-order valence-corrected chi connectivity index (χ3v) is 2.93. The molecule has 1 aliphatic rings. The second kappa shape index (κ2) is 4.74. The Bertz CT molecular complexity index is 363. The molecule has 1 aliphatic heterocycles. The Kier molecular flexibility index (Phi) is 3.34. The predicted octanol–water partition coefficient (Wildman–Crippen LogP) is 1.98. The lowest BCUT2D eigenvalue weighted by molar-refractivity contribution is 0.171. The van der Waals surface area contributed by atoms with E-state index in [1.54, 1.807) is 0 Å². The zero-order valence-corrected chi connectivity index (χ0v) is 9.90. The van der Waals surface area contributed by atoms with Gasteiger partial charge in [0.15, 0.2) is 11.5 Å². The first-order chi connectivity index (χ1) is 7.66. The van der Waals surface area contributed by atoms with Crippen molar-refractivity contribution in [3.63, 3.8) is 0 Å². The zero-order chi connectivity index (χ0) is 11.5. The molecule has 1 atom stereocenters. The Morgan fingerprint density at radius 2 is 1.88 bits per heavy atom. The van der Waals surface area contributed by atoms with Crippen molar-refractivity contribution in [3.8, 4) is 11.5 Å². The summed E-state index contributed by atoms with van der Waals surface area (Å²) in [6.45, 7) is 5.55. The lowest BCUT2D eigenvalue weighted by atomic mass is 9.97. The molecule has 0 saturated carbocycles. The maximum Gasteiger partial charge on any atom is 0.161 e. The van der Waals surface area contributed by atoms with E-state index >= 15 is 0 Å². The van der Waals surface area contributed by atoms with Gasteiger partial charge in [-0.15, -0.1) is 0 Å². The molecule has 2 N–H and O–H groups in total. The van der Waals surface area contributed by atoms with Gasteiger partial charge in [0.1, 0.15) is 13.2 Å². The monoisotopic (exact) mass is 221 g/mol. The summed E-state index contributed by atoms with van der Waals surface area (Å²) in [5, 5.41) is 0. The van der Waals surface area contributed by atoms with E-state index in [4.69, 9.17) is 15.2 Å². The number of benzene rings is 1. The number of rotatable bonds is 3. The molecule has 0 radical (unpaired) electrons. The molecule has 1 unspecified atom stereocenters. The van der Waals surface area contributed by atoms with Crippen LogP contribution < -0.4 is 15.2 Å². The largest absolute Gasteiger partial charge is 0.486 e. The van der Waals surface area contributed by atoms with E-state index in [0.717, 1.165) is 17.9 Å². The van der Waals surface area contributed by atoms with Gasteiger partial charge < -0.3 is 15.2 Å². The van der Waals surface area contributed by atoms with Gasteiger partial charge in [-0.3, -0.25) is 0 Å². The average Bonchev–Trinajstić information content (AvgIpc) is 2.28. The molecule has 16 heavy (non-hydrogen) atoms. The van der Waals surface area contributed by atoms with Crippen LogP contribution in [-0.2, 0) is 6.42 Å². The summed E-state index contributed by atoms with van der Waals surface area (Å²) in [5.74, 6) is 2.18. The van der Waals surface area contributed by atoms with Crippen LogP contribution in [0.2, 0.25) is 0 Å². The van der Waals surface area contributed by atoms with E-state index in [9.17, 15) is 0 Å². The van der Waals surface area contributed by atoms with E-state index in [-0.39, 0.29) is 6.04 Å². The third-order valence-electron chi connectivity index (χ3n) is 2.93. The van der Waals surface area contributed by atoms with E-state index in [1.165, 1.54) is 5.56 Å². The highest BCUT2D eigenvalue weighted by Gasteiger charge is 2.14. The number of ether oxygens (including phenoxy) is 2. The molecule has 1 aromatic rings. The normalized spacial score (nSPS) is 16.2. The van der Waals surface area contributed by atoms with E-state index < -0.39 is 0 Å². The standard InChI is InChI=1S/C13H19NO2/c1-9(2)11(14)7-10-3-4-12-13(8-10)16-6-5-15-12/h3-4,8-9,11H,5-7,14H2,1-2H3. The molecule has 1 heterocycles. The quantitative estimate of drug-likeness (QED) is 0.849. The van der Waals surface area contributed by atoms with Crippen LogP contribution in [0, 0.1) is 5.92 Å². The molecular weight excluding hydrogens is 202 g/mol. The van der Waals surface area contributed by atoms with Gasteiger partial charge >= 0.3 is 0 Å². The SMILES string of the molecule is CC(C)C(N)Cc1ccc2c(c1)OCCO2. The minimum Gasteiger partial charge on any atom is -0.486 e. The van der Waals surface area contributed by atoms with Crippen molar-refractivity contribution < 1.29 is 9.47 Å². The van der Waals surface area contributed by atoms with Gasteiger partial charge in [0.05, 0.1) is 0 Å². The molecule has 1 aromatic carbocycles. The molecule has 3 heteroatoms. The van der Waals surface area contributed by atoms with Crippen molar-refractivity contribution >= 4 is 0 Å². The van der Waals surface area contributed by atoms with Crippen molar-refractivity contribution in [2.24, 2.45) is 11.7 Å². The third kappa shape index (κ3) is 2.47. The van der Waals surface area contributed by atoms with Gasteiger partial charge in [0.2, 0.25) is 0 Å². The van der Waals surface area contributed by atoms with Crippen LogP contribution in [0.3, 0.4) is 0 Å². The van der Waals surface area contributed by atoms with Crippen LogP contribution in [0.25, 0.3) is 0 Å². The van der Waals surface area contributed by atoms with E-state index in [2.05, 4.69) is 19.9 Å². The molecule has 3 nitrogen and oxygen atoms in total. The molecule has 0 fully saturated rings. The van der Waals surface area contributed by atoms with Crippen molar-refractivity contribution in [1.82, 2.24) is 0 Å². The summed E-state index contributed by atoms with van der Waals surface area (Å²) in [5.41, 5.74) is 7.27. The molecule has 0 bridgehead atoms. The van der Waals surface area contributed by atoms with Gasteiger partial charge in [-0.1, -0.05) is 19.9 Å². The van der Waals surface area contributed by atoms with E-state index in [0.29, 0.717) is 19.1 Å². The Balaban J connectivity index is 2.11. The van der Waals surface area contributed by atoms with Gasteiger partial charge in [-0.2, -0.15) is 0 Å². The lowest BCUT2D eigenvalue weighted by Crippen LogP contribution is -2.28. The maximum absolute atomic E-state index is 6.05. The minimum absolute atomic E-state index is 0.197. The van der Waals surface area contributed by atoms with Crippen LogP contribution >= 0.6 is 0 Å². The van der Waals surface area contributed by atoms with Crippen LogP contribution in [0.5, 0.6) is 11.5 Å². The van der Waals surface area contributed by atoms with Crippen molar-refractivity contribution in [2.45, 2.75) is 26.3 Å². The van der Waals surface area contributed by atoms with Crippen molar-refractivity contribution in [2.75, 3.05) is 13.2 Å². The lowest BCUT2D eigenvalue weighted by Gasteiger charge is -2.20. The van der Waals surface area contributed by atoms with Gasteiger partial charge in [-0.25, -0.2) is 0 Å². The Labute approximate surface area is 96.5 Å². The summed E-state index contributed by atoms with van der Waals surface area (Å²) in [6, 6.07) is 6.27. The topological polar surface area (TPSA) is 44.5 Å². The van der Waals surface area contributed by atoms with Crippen molar-refractivity contribution in [3.05, 3.63) is 23.8 Å². The second-order valence-electron chi connectivity index (χ2n) is 4.59. The predicted molar refractivity (Wildman–Crippen MR) is 63.9 cm³/mol. The first kappa shape index (κ1) is 11.3. The van der Waals surface area contributed by atoms with Crippen LogP contribution in [0.4, 0.5) is 0 Å². The maximum atomic E-state index is 6.05. The Hall–Kier alpha value is -1.22. The van der Waals surface area contributed by atoms with Gasteiger partial charge in [0.25, 0.3) is 0 Å². The van der Waals surface area contributed by atoms with Crippen LogP contribution in [0.15, 0.2) is 18.2 Å². The molecule has 0 amide bonds. The fourth-order valence-corrected chi connectivity index (χ4v) is 1.72. The molecule has 0 aromatic heterocycles. The first-order valence-electron chi connectivity index (χ1n) is 5.81. The number of hydrogen-bond donors (Lipinski definition) is 1. The summed E-state index contributed by atoms with van der Waals surface area (Å²) >= 11 is 0. The van der Waals surface area contributed by atoms with E-state index in [1.807, 2.05) is 12.1 Å². The Morgan fingerprint density at radius 1 is 1.19 bits per heavy atom. The zero-order valence-electron chi connectivity index (χ0n) is 9.90. The summed E-state index contributed by atoms with van der Waals surface area (Å²) < 4.78 is 11.0. The average molecular weight is 221 g/mol. The molecule has 0 spiro atoms. The van der Waals surface area contributed by atoms with Crippen LogP contribution in [0.1, 0.15) is 19.4 Å². The molecule has 0 saturated heterocycles. The number of fused-ring (bicyclic) bond motifs is 1. The summed E-state index contributed by atoms with van der Waals surface area (Å²) in [7, 11) is 0. The van der Waals surface area contributed by atoms with Crippen LogP contribution in [-0.4, -0.2) is 19.3 Å². The molecule has 0 aliphatic carbocycles. The first-order valence-corrected chi connectivity index (χ1v) is 5.81. The van der Waals surface area contributed by atoms with Crippen molar-refractivity contribution in [1.29, 1.82) is 0 Å².